The van der Waals surface area contributed by atoms with Crippen LogP contribution in [0.25, 0.3) is 0 Å². The van der Waals surface area contributed by atoms with Crippen LogP contribution in [0.15, 0.2) is 17.4 Å². The molecular weight excluding hydrogens is 224 g/mol. The lowest BCUT2D eigenvalue weighted by Gasteiger charge is -2.20. The number of carbonyl (C=O) groups is 1. The zero-order valence-corrected chi connectivity index (χ0v) is 10.5. The van der Waals surface area contributed by atoms with Gasteiger partial charge in [-0.25, -0.2) is 15.8 Å². The van der Waals surface area contributed by atoms with Crippen LogP contribution >= 0.6 is 11.8 Å². The Bertz CT molecular complexity index is 381. The molecule has 0 bridgehead atoms. The highest BCUT2D eigenvalue weighted by molar-refractivity contribution is 7.99. The van der Waals surface area contributed by atoms with Crippen molar-refractivity contribution in [3.8, 4) is 0 Å². The second-order valence-electron chi connectivity index (χ2n) is 4.13. The number of aromatic nitrogens is 2. The van der Waals surface area contributed by atoms with Crippen LogP contribution in [0.3, 0.4) is 0 Å². The van der Waals surface area contributed by atoms with Crippen molar-refractivity contribution in [3.63, 3.8) is 0 Å². The summed E-state index contributed by atoms with van der Waals surface area (Å²) in [6.07, 6.45) is 1.71. The fraction of sp³-hybridized carbons (Fsp3) is 0.500. The van der Waals surface area contributed by atoms with Crippen LogP contribution in [-0.2, 0) is 4.79 Å². The maximum Gasteiger partial charge on any atom is 0.240 e. The van der Waals surface area contributed by atoms with Crippen LogP contribution in [0.5, 0.6) is 0 Å². The summed E-state index contributed by atoms with van der Waals surface area (Å²) in [5.74, 6) is 5.51. The van der Waals surface area contributed by atoms with Gasteiger partial charge in [0.15, 0.2) is 5.16 Å². The van der Waals surface area contributed by atoms with Crippen LogP contribution < -0.4 is 11.3 Å². The molecule has 0 fully saturated rings. The van der Waals surface area contributed by atoms with Crippen LogP contribution in [0, 0.1) is 12.3 Å². The fourth-order valence-corrected chi connectivity index (χ4v) is 1.97. The molecule has 0 aliphatic carbocycles. The highest BCUT2D eigenvalue weighted by Crippen LogP contribution is 2.25. The first kappa shape index (κ1) is 12.9. The average Bonchev–Trinajstić information content (AvgIpc) is 2.25. The predicted molar refractivity (Wildman–Crippen MR) is 63.6 cm³/mol. The van der Waals surface area contributed by atoms with Crippen LogP contribution in [0.2, 0.25) is 0 Å². The average molecular weight is 240 g/mol. The van der Waals surface area contributed by atoms with E-state index in [1.165, 1.54) is 11.8 Å². The second kappa shape index (κ2) is 5.27. The second-order valence-corrected chi connectivity index (χ2v) is 5.07. The van der Waals surface area contributed by atoms with Gasteiger partial charge in [-0.2, -0.15) is 0 Å². The van der Waals surface area contributed by atoms with Crippen molar-refractivity contribution >= 4 is 17.7 Å². The molecule has 0 atom stereocenters. The van der Waals surface area contributed by atoms with Crippen molar-refractivity contribution < 1.29 is 4.79 Å². The Morgan fingerprint density at radius 2 is 2.31 bits per heavy atom. The Morgan fingerprint density at radius 1 is 1.62 bits per heavy atom. The Labute approximate surface area is 99.2 Å². The van der Waals surface area contributed by atoms with Gasteiger partial charge in [0.25, 0.3) is 0 Å². The summed E-state index contributed by atoms with van der Waals surface area (Å²) in [6, 6.07) is 1.84. The van der Waals surface area contributed by atoms with E-state index in [1.807, 2.05) is 26.8 Å². The monoisotopic (exact) mass is 240 g/mol. The zero-order valence-electron chi connectivity index (χ0n) is 9.65. The van der Waals surface area contributed by atoms with Gasteiger partial charge in [0.2, 0.25) is 5.91 Å². The first-order valence-corrected chi connectivity index (χ1v) is 5.88. The van der Waals surface area contributed by atoms with Crippen LogP contribution in [0.4, 0.5) is 0 Å². The molecule has 0 saturated carbocycles. The highest BCUT2D eigenvalue weighted by Gasteiger charge is 2.27. The summed E-state index contributed by atoms with van der Waals surface area (Å²) in [5, 5.41) is 0.679. The largest absolute Gasteiger partial charge is 0.294 e. The minimum Gasteiger partial charge on any atom is -0.294 e. The molecule has 0 spiro atoms. The van der Waals surface area contributed by atoms with Gasteiger partial charge in [-0.1, -0.05) is 25.6 Å². The lowest BCUT2D eigenvalue weighted by atomic mass is 9.96. The zero-order chi connectivity index (χ0) is 12.2. The number of carbonyl (C=O) groups excluding carboxylic acids is 1. The summed E-state index contributed by atoms with van der Waals surface area (Å²) in [7, 11) is 0. The van der Waals surface area contributed by atoms with E-state index in [2.05, 4.69) is 15.4 Å². The third-order valence-corrected chi connectivity index (χ3v) is 3.40. The number of rotatable bonds is 4. The molecule has 6 heteroatoms. The van der Waals surface area contributed by atoms with E-state index < -0.39 is 5.41 Å². The molecule has 1 amide bonds. The summed E-state index contributed by atoms with van der Waals surface area (Å²) in [6.45, 7) is 5.57. The third kappa shape index (κ3) is 3.46. The van der Waals surface area contributed by atoms with Gasteiger partial charge in [0.05, 0.1) is 5.41 Å². The molecule has 0 radical (unpaired) electrons. The minimum atomic E-state index is -0.535. The van der Waals surface area contributed by atoms with Gasteiger partial charge in [0, 0.05) is 17.6 Å². The van der Waals surface area contributed by atoms with Crippen molar-refractivity contribution in [1.82, 2.24) is 15.4 Å². The van der Waals surface area contributed by atoms with Crippen molar-refractivity contribution in [2.75, 3.05) is 5.75 Å². The van der Waals surface area contributed by atoms with Gasteiger partial charge in [-0.15, -0.1) is 0 Å². The van der Waals surface area contributed by atoms with Gasteiger partial charge < -0.3 is 0 Å². The fourth-order valence-electron chi connectivity index (χ4n) is 1.00. The molecule has 1 aromatic heterocycles. The summed E-state index contributed by atoms with van der Waals surface area (Å²) in [5.41, 5.74) is 2.54. The SMILES string of the molecule is Cc1ccnc(SCC(C)(C)C(=O)NN)n1. The maximum atomic E-state index is 11.4. The van der Waals surface area contributed by atoms with Gasteiger partial charge >= 0.3 is 0 Å². The summed E-state index contributed by atoms with van der Waals surface area (Å²) < 4.78 is 0. The first-order chi connectivity index (χ1) is 7.45. The molecule has 1 heterocycles. The minimum absolute atomic E-state index is 0.187. The molecule has 5 nitrogen and oxygen atoms in total. The molecule has 0 aromatic carbocycles. The smallest absolute Gasteiger partial charge is 0.240 e. The molecule has 0 unspecified atom stereocenters. The molecule has 16 heavy (non-hydrogen) atoms. The highest BCUT2D eigenvalue weighted by atomic mass is 32.2. The number of amides is 1. The lowest BCUT2D eigenvalue weighted by Crippen LogP contribution is -2.42. The maximum absolute atomic E-state index is 11.4. The number of nitrogens with two attached hydrogens (primary N) is 1. The Morgan fingerprint density at radius 3 is 2.88 bits per heavy atom. The van der Waals surface area contributed by atoms with E-state index >= 15 is 0 Å². The van der Waals surface area contributed by atoms with E-state index in [0.717, 1.165) is 5.69 Å². The Balaban J connectivity index is 2.61. The standard InChI is InChI=1S/C10H16N4OS/c1-7-4-5-12-9(13-7)16-6-10(2,3)8(15)14-11/h4-5H,6,11H2,1-3H3,(H,14,15). The number of nitrogens with one attached hydrogen (secondary N) is 1. The molecule has 1 aromatic rings. The normalized spacial score (nSPS) is 11.2. The lowest BCUT2D eigenvalue weighted by molar-refractivity contribution is -0.128. The number of thioether (sulfide) groups is 1. The van der Waals surface area contributed by atoms with Crippen molar-refractivity contribution in [3.05, 3.63) is 18.0 Å². The molecule has 3 N–H and O–H groups in total. The molecule has 1 rings (SSSR count). The summed E-state index contributed by atoms with van der Waals surface area (Å²) in [4.78, 5) is 19.8. The molecular formula is C10H16N4OS. The number of hydrazine groups is 1. The van der Waals surface area contributed by atoms with E-state index in [-0.39, 0.29) is 5.91 Å². The molecule has 0 aliphatic rings. The van der Waals surface area contributed by atoms with E-state index in [9.17, 15) is 4.79 Å². The third-order valence-electron chi connectivity index (χ3n) is 2.08. The number of hydrogen-bond donors (Lipinski definition) is 2. The van der Waals surface area contributed by atoms with Gasteiger partial charge in [-0.05, 0) is 13.0 Å². The van der Waals surface area contributed by atoms with Crippen molar-refractivity contribution in [1.29, 1.82) is 0 Å². The Hall–Kier alpha value is -1.14. The Kier molecular flexibility index (Phi) is 4.26. The quantitative estimate of drug-likeness (QED) is 0.269. The van der Waals surface area contributed by atoms with E-state index in [0.29, 0.717) is 10.9 Å². The van der Waals surface area contributed by atoms with Crippen molar-refractivity contribution in [2.45, 2.75) is 25.9 Å². The molecule has 0 aliphatic heterocycles. The van der Waals surface area contributed by atoms with Gasteiger partial charge in [0.1, 0.15) is 0 Å². The van der Waals surface area contributed by atoms with Gasteiger partial charge in [-0.3, -0.25) is 10.2 Å². The molecule has 88 valence electrons. The van der Waals surface area contributed by atoms with Crippen LogP contribution in [0.1, 0.15) is 19.5 Å². The van der Waals surface area contributed by atoms with E-state index in [4.69, 9.17) is 5.84 Å². The molecule has 0 saturated heterocycles. The van der Waals surface area contributed by atoms with Crippen molar-refractivity contribution in [2.24, 2.45) is 11.3 Å². The first-order valence-electron chi connectivity index (χ1n) is 4.89. The van der Waals surface area contributed by atoms with Crippen LogP contribution in [-0.4, -0.2) is 21.6 Å². The van der Waals surface area contributed by atoms with E-state index in [1.54, 1.807) is 6.20 Å². The number of hydrogen-bond acceptors (Lipinski definition) is 5. The topological polar surface area (TPSA) is 80.9 Å². The number of aryl methyl sites for hydroxylation is 1. The summed E-state index contributed by atoms with van der Waals surface area (Å²) >= 11 is 1.45. The number of nitrogens with zero attached hydrogens (tertiary/aromatic N) is 2. The predicted octanol–water partition coefficient (Wildman–Crippen LogP) is 0.893.